The lowest BCUT2D eigenvalue weighted by Crippen LogP contribution is -2.34. The van der Waals surface area contributed by atoms with E-state index in [0.717, 1.165) is 11.1 Å². The van der Waals surface area contributed by atoms with Crippen molar-refractivity contribution in [3.05, 3.63) is 69.7 Å². The summed E-state index contributed by atoms with van der Waals surface area (Å²) in [4.78, 5) is 42.2. The van der Waals surface area contributed by atoms with Gasteiger partial charge in [0.25, 0.3) is 11.8 Å². The van der Waals surface area contributed by atoms with Crippen LogP contribution in [0.4, 0.5) is 0 Å². The Balaban J connectivity index is 1.58. The van der Waals surface area contributed by atoms with Crippen LogP contribution in [0.15, 0.2) is 42.5 Å². The van der Waals surface area contributed by atoms with Gasteiger partial charge in [0.05, 0.1) is 17.0 Å². The summed E-state index contributed by atoms with van der Waals surface area (Å²) in [6.45, 7) is 0. The van der Waals surface area contributed by atoms with Crippen molar-refractivity contribution < 1.29 is 19.2 Å². The van der Waals surface area contributed by atoms with Gasteiger partial charge in [-0.3, -0.25) is 9.59 Å². The number of carbonyl (C=O) groups excluding carboxylic acids is 3. The topological polar surface area (TPSA) is 63.7 Å². The summed E-state index contributed by atoms with van der Waals surface area (Å²) in [5.74, 6) is -2.38. The Morgan fingerprint density at radius 3 is 2.38 bits per heavy atom. The monoisotopic (exact) mass is 341 g/mol. The number of imide groups is 1. The first-order valence-electron chi connectivity index (χ1n) is 7.55. The number of fused-ring (bicyclic) bond motifs is 2. The average molecular weight is 342 g/mol. The van der Waals surface area contributed by atoms with Crippen LogP contribution >= 0.6 is 11.6 Å². The second-order valence-electron chi connectivity index (χ2n) is 5.76. The number of nitrogens with zero attached hydrogens (tertiary/aromatic N) is 1. The first kappa shape index (κ1) is 14.9. The molecule has 120 valence electrons. The smallest absolute Gasteiger partial charge is 0.329 e. The predicted octanol–water partition coefficient (Wildman–Crippen LogP) is 3.12. The molecule has 0 radical (unpaired) electrons. The Morgan fingerprint density at radius 1 is 1.04 bits per heavy atom. The van der Waals surface area contributed by atoms with Crippen LogP contribution in [0.3, 0.4) is 0 Å². The predicted molar refractivity (Wildman–Crippen MR) is 85.5 cm³/mol. The average Bonchev–Trinajstić information content (AvgIpc) is 3.12. The molecule has 2 aliphatic rings. The Morgan fingerprint density at radius 2 is 1.71 bits per heavy atom. The molecule has 6 heteroatoms. The molecule has 0 spiro atoms. The molecule has 0 bridgehead atoms. The maximum absolute atomic E-state index is 12.5. The van der Waals surface area contributed by atoms with Crippen LogP contribution in [0.25, 0.3) is 0 Å². The van der Waals surface area contributed by atoms with E-state index >= 15 is 0 Å². The molecule has 5 nitrogen and oxygen atoms in total. The summed E-state index contributed by atoms with van der Waals surface area (Å²) in [6, 6.07) is 11.8. The Labute approximate surface area is 142 Å². The highest BCUT2D eigenvalue weighted by molar-refractivity contribution is 6.31. The number of hydrogen-bond acceptors (Lipinski definition) is 4. The van der Waals surface area contributed by atoms with Crippen molar-refractivity contribution in [1.29, 1.82) is 0 Å². The molecule has 1 unspecified atom stereocenters. The van der Waals surface area contributed by atoms with Crippen molar-refractivity contribution in [3.63, 3.8) is 0 Å². The lowest BCUT2D eigenvalue weighted by Gasteiger charge is -2.16. The van der Waals surface area contributed by atoms with Gasteiger partial charge in [0, 0.05) is 5.02 Å². The van der Waals surface area contributed by atoms with Crippen LogP contribution in [0.5, 0.6) is 0 Å². The van der Waals surface area contributed by atoms with E-state index in [1.165, 1.54) is 12.1 Å². The zero-order valence-electron chi connectivity index (χ0n) is 12.5. The van der Waals surface area contributed by atoms with Gasteiger partial charge >= 0.3 is 5.97 Å². The van der Waals surface area contributed by atoms with Gasteiger partial charge in [-0.25, -0.2) is 4.79 Å². The van der Waals surface area contributed by atoms with E-state index in [1.807, 2.05) is 6.07 Å². The Kier molecular flexibility index (Phi) is 3.39. The van der Waals surface area contributed by atoms with Gasteiger partial charge < -0.3 is 4.84 Å². The second kappa shape index (κ2) is 5.46. The lowest BCUT2D eigenvalue weighted by atomic mass is 10.0. The fourth-order valence-corrected chi connectivity index (χ4v) is 3.53. The van der Waals surface area contributed by atoms with Crippen molar-refractivity contribution in [1.82, 2.24) is 5.06 Å². The van der Waals surface area contributed by atoms with E-state index in [-0.39, 0.29) is 11.1 Å². The summed E-state index contributed by atoms with van der Waals surface area (Å²) >= 11 is 6.15. The minimum atomic E-state index is -0.620. The van der Waals surface area contributed by atoms with Crippen LogP contribution in [-0.2, 0) is 16.1 Å². The van der Waals surface area contributed by atoms with Crippen molar-refractivity contribution in [2.45, 2.75) is 18.8 Å². The lowest BCUT2D eigenvalue weighted by molar-refractivity contribution is -0.170. The van der Waals surface area contributed by atoms with Gasteiger partial charge in [0.2, 0.25) is 0 Å². The molecule has 0 saturated heterocycles. The van der Waals surface area contributed by atoms with Crippen LogP contribution < -0.4 is 0 Å². The maximum atomic E-state index is 12.5. The summed E-state index contributed by atoms with van der Waals surface area (Å²) in [5, 5.41) is 1.17. The number of carbonyl (C=O) groups is 3. The largest absolute Gasteiger partial charge is 0.340 e. The molecule has 2 amide bonds. The second-order valence-corrected chi connectivity index (χ2v) is 6.17. The fourth-order valence-electron chi connectivity index (χ4n) is 3.26. The van der Waals surface area contributed by atoms with Gasteiger partial charge in [-0.05, 0) is 42.2 Å². The molecule has 0 saturated carbocycles. The summed E-state index contributed by atoms with van der Waals surface area (Å²) in [5.41, 5.74) is 2.20. The molecule has 4 rings (SSSR count). The molecule has 0 N–H and O–H groups in total. The van der Waals surface area contributed by atoms with Crippen LogP contribution in [0, 0.1) is 0 Å². The third-order valence-corrected chi connectivity index (χ3v) is 4.79. The summed E-state index contributed by atoms with van der Waals surface area (Å²) in [7, 11) is 0. The number of halogens is 1. The summed E-state index contributed by atoms with van der Waals surface area (Å²) in [6.07, 6.45) is 1.21. The first-order valence-corrected chi connectivity index (χ1v) is 7.92. The van der Waals surface area contributed by atoms with Crippen LogP contribution in [0.1, 0.15) is 44.2 Å². The molecule has 1 atom stereocenters. The molecule has 1 aliphatic heterocycles. The highest BCUT2D eigenvalue weighted by atomic mass is 35.5. The molecule has 2 aromatic carbocycles. The Hall–Kier alpha value is -2.66. The van der Waals surface area contributed by atoms with Crippen molar-refractivity contribution in [2.75, 3.05) is 0 Å². The molecule has 1 heterocycles. The van der Waals surface area contributed by atoms with Gasteiger partial charge in [0.15, 0.2) is 0 Å². The van der Waals surface area contributed by atoms with Crippen LogP contribution in [-0.4, -0.2) is 22.8 Å². The highest BCUT2D eigenvalue weighted by Gasteiger charge is 2.41. The van der Waals surface area contributed by atoms with E-state index in [1.54, 1.807) is 24.3 Å². The van der Waals surface area contributed by atoms with Crippen molar-refractivity contribution in [2.24, 2.45) is 0 Å². The SMILES string of the molecule is O=C(ON1C(=O)c2ccccc2C1=O)C1CCc2c(Cl)cccc21. The zero-order chi connectivity index (χ0) is 16.8. The standard InChI is InChI=1S/C18H12ClNO4/c19-15-7-3-6-10-11(15)8-9-14(10)18(23)24-20-16(21)12-4-1-2-5-13(12)17(20)22/h1-7,14H,8-9H2. The van der Waals surface area contributed by atoms with Crippen LogP contribution in [0.2, 0.25) is 5.02 Å². The molecular weight excluding hydrogens is 330 g/mol. The van der Waals surface area contributed by atoms with Gasteiger partial charge in [0.1, 0.15) is 0 Å². The summed E-state index contributed by atoms with van der Waals surface area (Å²) < 4.78 is 0. The molecule has 2 aromatic rings. The maximum Gasteiger partial charge on any atom is 0.340 e. The molecule has 24 heavy (non-hydrogen) atoms. The van der Waals surface area contributed by atoms with E-state index in [2.05, 4.69) is 0 Å². The third kappa shape index (κ3) is 2.12. The van der Waals surface area contributed by atoms with E-state index in [9.17, 15) is 14.4 Å². The molecule has 0 aromatic heterocycles. The third-order valence-electron chi connectivity index (χ3n) is 4.44. The van der Waals surface area contributed by atoms with E-state index in [0.29, 0.717) is 22.9 Å². The Bertz CT molecular complexity index is 857. The molecular formula is C18H12ClNO4. The van der Waals surface area contributed by atoms with Gasteiger partial charge in [-0.2, -0.15) is 0 Å². The number of hydroxylamine groups is 2. The van der Waals surface area contributed by atoms with Gasteiger partial charge in [-0.15, -0.1) is 0 Å². The van der Waals surface area contributed by atoms with Gasteiger partial charge in [-0.1, -0.05) is 40.9 Å². The quantitative estimate of drug-likeness (QED) is 0.787. The van der Waals surface area contributed by atoms with E-state index in [4.69, 9.17) is 16.4 Å². The number of amides is 2. The van der Waals surface area contributed by atoms with E-state index < -0.39 is 23.7 Å². The minimum Gasteiger partial charge on any atom is -0.329 e. The number of rotatable bonds is 2. The first-order chi connectivity index (χ1) is 11.6. The van der Waals surface area contributed by atoms with Crippen molar-refractivity contribution >= 4 is 29.4 Å². The molecule has 0 fully saturated rings. The van der Waals surface area contributed by atoms with Crippen molar-refractivity contribution in [3.8, 4) is 0 Å². The highest BCUT2D eigenvalue weighted by Crippen LogP contribution is 2.38. The normalized spacial score (nSPS) is 18.5. The minimum absolute atomic E-state index is 0.241. The number of benzene rings is 2. The number of hydrogen-bond donors (Lipinski definition) is 0. The zero-order valence-corrected chi connectivity index (χ0v) is 13.2. The fraction of sp³-hybridized carbons (Fsp3) is 0.167. The molecule has 1 aliphatic carbocycles.